The fourth-order valence-electron chi connectivity index (χ4n) is 4.35. The minimum Gasteiger partial charge on any atom is -0.307 e. The van der Waals surface area contributed by atoms with E-state index in [2.05, 4.69) is 26.1 Å². The van der Waals surface area contributed by atoms with Crippen LogP contribution >= 0.6 is 0 Å². The van der Waals surface area contributed by atoms with Crippen molar-refractivity contribution < 1.29 is 13.2 Å². The third-order valence-electron chi connectivity index (χ3n) is 5.64. The molecule has 0 saturated heterocycles. The molecule has 1 aromatic heterocycles. The highest BCUT2D eigenvalue weighted by Gasteiger charge is 2.26. The first-order valence-electron chi connectivity index (χ1n) is 9.73. The maximum absolute atomic E-state index is 12.7. The molecule has 0 bridgehead atoms. The zero-order chi connectivity index (χ0) is 20.0. The maximum atomic E-state index is 12.7. The Morgan fingerprint density at radius 3 is 2.28 bits per heavy atom. The summed E-state index contributed by atoms with van der Waals surface area (Å²) in [6.07, 6.45) is 7.09. The molecule has 148 valence electrons. The van der Waals surface area contributed by atoms with Crippen molar-refractivity contribution >= 4 is 32.8 Å². The fourth-order valence-corrected chi connectivity index (χ4v) is 5.16. The summed E-state index contributed by atoms with van der Waals surface area (Å²) in [5.74, 6) is 0. The van der Waals surface area contributed by atoms with Gasteiger partial charge in [-0.15, -0.1) is 0 Å². The van der Waals surface area contributed by atoms with Crippen LogP contribution in [0.4, 0.5) is 10.5 Å². The van der Waals surface area contributed by atoms with Crippen molar-refractivity contribution in [1.82, 2.24) is 14.7 Å². The summed E-state index contributed by atoms with van der Waals surface area (Å²) >= 11 is 0. The molecule has 0 spiro atoms. The monoisotopic (exact) mass is 408 g/mol. The average Bonchev–Trinajstić information content (AvgIpc) is 3.36. The minimum atomic E-state index is -4.13. The highest BCUT2D eigenvalue weighted by atomic mass is 32.2. The Labute approximate surface area is 168 Å². The second-order valence-corrected chi connectivity index (χ2v) is 9.12. The number of amides is 2. The molecule has 0 radical (unpaired) electrons. The molecule has 5 rings (SSSR count). The van der Waals surface area contributed by atoms with Crippen molar-refractivity contribution in [2.24, 2.45) is 0 Å². The number of hydrogen-bond acceptors (Lipinski definition) is 5. The van der Waals surface area contributed by atoms with Gasteiger partial charge in [0.2, 0.25) is 0 Å². The summed E-state index contributed by atoms with van der Waals surface area (Å²) in [5.41, 5.74) is 6.66. The molecular formula is C21H20N4O3S. The number of nitrogens with one attached hydrogen (secondary N) is 2. The van der Waals surface area contributed by atoms with Gasteiger partial charge >= 0.3 is 6.03 Å². The Balaban J connectivity index is 1.42. The highest BCUT2D eigenvalue weighted by Crippen LogP contribution is 2.38. The standard InChI is InChI=1S/C21H20N4O3S/c26-21(24-20-15-7-3-5-13(15)11-14-6-4-8-16(14)20)25-29(27,28)19-12-22-17-9-1-2-10-18(17)23-19/h1-2,9-12H,3-8H2,(H2,24,25,26). The van der Waals surface area contributed by atoms with Gasteiger partial charge in [0.05, 0.1) is 17.2 Å². The average molecular weight is 408 g/mol. The lowest BCUT2D eigenvalue weighted by Crippen LogP contribution is -2.35. The van der Waals surface area contributed by atoms with Gasteiger partial charge in [0.1, 0.15) is 0 Å². The van der Waals surface area contributed by atoms with Crippen molar-refractivity contribution in [2.75, 3.05) is 5.32 Å². The van der Waals surface area contributed by atoms with E-state index in [9.17, 15) is 13.2 Å². The Bertz CT molecular complexity index is 1220. The van der Waals surface area contributed by atoms with Crippen LogP contribution in [0.2, 0.25) is 0 Å². The number of aromatic nitrogens is 2. The van der Waals surface area contributed by atoms with Crippen LogP contribution in [0, 0.1) is 0 Å². The third kappa shape index (κ3) is 3.23. The smallest absolute Gasteiger partial charge is 0.307 e. The zero-order valence-corrected chi connectivity index (χ0v) is 16.6. The Morgan fingerprint density at radius 2 is 1.59 bits per heavy atom. The number of carbonyl (C=O) groups is 1. The SMILES string of the molecule is O=C(Nc1c2c(cc3c1CCC3)CCC2)NS(=O)(=O)c1cnc2ccccc2n1. The van der Waals surface area contributed by atoms with Crippen LogP contribution in [0.5, 0.6) is 0 Å². The number of fused-ring (bicyclic) bond motifs is 3. The quantitative estimate of drug-likeness (QED) is 0.693. The normalized spacial score (nSPS) is 15.2. The molecule has 8 heteroatoms. The second-order valence-electron chi connectivity index (χ2n) is 7.49. The lowest BCUT2D eigenvalue weighted by Gasteiger charge is -2.16. The summed E-state index contributed by atoms with van der Waals surface area (Å²) < 4.78 is 27.4. The first kappa shape index (κ1) is 18.1. The second kappa shape index (κ2) is 6.81. The van der Waals surface area contributed by atoms with Crippen molar-refractivity contribution in [3.63, 3.8) is 0 Å². The Hall–Kier alpha value is -3.00. The van der Waals surface area contributed by atoms with Crippen LogP contribution < -0.4 is 10.0 Å². The van der Waals surface area contributed by atoms with E-state index in [4.69, 9.17) is 0 Å². The Morgan fingerprint density at radius 1 is 0.931 bits per heavy atom. The number of anilines is 1. The van der Waals surface area contributed by atoms with Gasteiger partial charge in [-0.25, -0.2) is 14.5 Å². The van der Waals surface area contributed by atoms with Gasteiger partial charge in [-0.1, -0.05) is 18.2 Å². The summed E-state index contributed by atoms with van der Waals surface area (Å²) in [6, 6.07) is 8.47. The summed E-state index contributed by atoms with van der Waals surface area (Å²) in [6.45, 7) is 0. The van der Waals surface area contributed by atoms with E-state index >= 15 is 0 Å². The molecule has 2 aliphatic carbocycles. The van der Waals surface area contributed by atoms with Crippen LogP contribution in [0.15, 0.2) is 41.6 Å². The van der Waals surface area contributed by atoms with E-state index in [0.29, 0.717) is 11.0 Å². The predicted molar refractivity (Wildman–Crippen MR) is 109 cm³/mol. The summed E-state index contributed by atoms with van der Waals surface area (Å²) in [7, 11) is -4.13. The van der Waals surface area contributed by atoms with Gasteiger partial charge in [0, 0.05) is 5.69 Å². The first-order valence-corrected chi connectivity index (χ1v) is 11.2. The predicted octanol–water partition coefficient (Wildman–Crippen LogP) is 3.12. The molecule has 2 aliphatic rings. The van der Waals surface area contributed by atoms with E-state index in [-0.39, 0.29) is 5.03 Å². The van der Waals surface area contributed by atoms with Crippen molar-refractivity contribution in [3.05, 3.63) is 58.8 Å². The minimum absolute atomic E-state index is 0.283. The summed E-state index contributed by atoms with van der Waals surface area (Å²) in [4.78, 5) is 20.9. The van der Waals surface area contributed by atoms with Crippen molar-refractivity contribution in [2.45, 2.75) is 43.6 Å². The molecule has 0 aliphatic heterocycles. The highest BCUT2D eigenvalue weighted by molar-refractivity contribution is 7.90. The topological polar surface area (TPSA) is 101 Å². The molecule has 0 atom stereocenters. The Kier molecular flexibility index (Phi) is 4.24. The molecule has 29 heavy (non-hydrogen) atoms. The maximum Gasteiger partial charge on any atom is 0.333 e. The molecule has 7 nitrogen and oxygen atoms in total. The van der Waals surface area contributed by atoms with Gasteiger partial charge in [-0.3, -0.25) is 4.98 Å². The molecule has 2 N–H and O–H groups in total. The number of rotatable bonds is 3. The lowest BCUT2D eigenvalue weighted by atomic mass is 9.99. The molecular weight excluding hydrogens is 388 g/mol. The van der Waals surface area contributed by atoms with Gasteiger partial charge in [-0.2, -0.15) is 8.42 Å². The van der Waals surface area contributed by atoms with Crippen LogP contribution in [0.25, 0.3) is 11.0 Å². The summed E-state index contributed by atoms with van der Waals surface area (Å²) in [5, 5.41) is 2.55. The van der Waals surface area contributed by atoms with Crippen LogP contribution in [-0.2, 0) is 35.7 Å². The number of aryl methyl sites for hydroxylation is 2. The molecule has 2 amide bonds. The molecule has 0 fully saturated rings. The van der Waals surface area contributed by atoms with Crippen LogP contribution in [-0.4, -0.2) is 24.4 Å². The lowest BCUT2D eigenvalue weighted by molar-refractivity contribution is 0.256. The fraction of sp³-hybridized carbons (Fsp3) is 0.286. The van der Waals surface area contributed by atoms with Crippen LogP contribution in [0.1, 0.15) is 35.1 Å². The van der Waals surface area contributed by atoms with Gasteiger partial charge < -0.3 is 5.32 Å². The number of benzene rings is 2. The van der Waals surface area contributed by atoms with E-state index in [1.165, 1.54) is 11.1 Å². The first-order chi connectivity index (χ1) is 14.0. The van der Waals surface area contributed by atoms with Gasteiger partial charge in [0.25, 0.3) is 10.0 Å². The molecule has 3 aromatic rings. The van der Waals surface area contributed by atoms with Crippen LogP contribution in [0.3, 0.4) is 0 Å². The van der Waals surface area contributed by atoms with E-state index in [1.54, 1.807) is 24.3 Å². The largest absolute Gasteiger partial charge is 0.333 e. The number of urea groups is 1. The van der Waals surface area contributed by atoms with E-state index in [1.807, 2.05) is 0 Å². The third-order valence-corrected chi connectivity index (χ3v) is 6.84. The number of sulfonamides is 1. The number of para-hydroxylation sites is 2. The van der Waals surface area contributed by atoms with Crippen molar-refractivity contribution in [3.8, 4) is 0 Å². The molecule has 0 saturated carbocycles. The number of hydrogen-bond donors (Lipinski definition) is 2. The molecule has 1 heterocycles. The van der Waals surface area contributed by atoms with Gasteiger partial charge in [0.15, 0.2) is 5.03 Å². The number of carbonyl (C=O) groups excluding carboxylic acids is 1. The molecule has 0 unspecified atom stereocenters. The number of nitrogens with zero attached hydrogens (tertiary/aromatic N) is 2. The van der Waals surface area contributed by atoms with E-state index < -0.39 is 16.1 Å². The van der Waals surface area contributed by atoms with Gasteiger partial charge in [-0.05, 0) is 72.9 Å². The van der Waals surface area contributed by atoms with Crippen molar-refractivity contribution in [1.29, 1.82) is 0 Å². The zero-order valence-electron chi connectivity index (χ0n) is 15.7. The van der Waals surface area contributed by atoms with E-state index in [0.717, 1.165) is 61.5 Å². The molecule has 2 aromatic carbocycles.